The van der Waals surface area contributed by atoms with Gasteiger partial charge in [-0.1, -0.05) is 47.7 Å². The molecule has 1 aliphatic heterocycles. The number of aromatic amines is 1. The minimum atomic E-state index is -0.331. The highest BCUT2D eigenvalue weighted by molar-refractivity contribution is 5.78. The van der Waals surface area contributed by atoms with Gasteiger partial charge < -0.3 is 9.88 Å². The third-order valence-corrected chi connectivity index (χ3v) is 6.07. The fraction of sp³-hybridized carbons (Fsp3) is 0.292. The van der Waals surface area contributed by atoms with Crippen LogP contribution in [0.1, 0.15) is 35.7 Å². The predicted molar refractivity (Wildman–Crippen MR) is 120 cm³/mol. The number of piperidine rings is 1. The molecule has 3 heterocycles. The minimum absolute atomic E-state index is 0.0389. The van der Waals surface area contributed by atoms with Gasteiger partial charge in [0.05, 0.1) is 13.0 Å². The Bertz CT molecular complexity index is 1320. The lowest BCUT2D eigenvalue weighted by Gasteiger charge is -2.31. The number of hydrogen-bond donors (Lipinski definition) is 1. The Kier molecular flexibility index (Phi) is 5.68. The van der Waals surface area contributed by atoms with Gasteiger partial charge in [0.2, 0.25) is 5.91 Å². The number of nitrogens with zero attached hydrogens (tertiary/aromatic N) is 5. The number of fused-ring (bicyclic) bond motifs is 1. The van der Waals surface area contributed by atoms with Gasteiger partial charge in [-0.2, -0.15) is 0 Å². The number of benzene rings is 2. The topological polar surface area (TPSA) is 96.8 Å². The van der Waals surface area contributed by atoms with Crippen molar-refractivity contribution < 1.29 is 9.18 Å². The number of nitrogens with one attached hydrogen (secondary N) is 1. The van der Waals surface area contributed by atoms with Crippen molar-refractivity contribution in [1.82, 2.24) is 29.9 Å². The van der Waals surface area contributed by atoms with Crippen LogP contribution in [0.15, 0.2) is 59.4 Å². The first-order chi connectivity index (χ1) is 16.1. The molecule has 1 amide bonds. The number of hydrogen-bond acceptors (Lipinski definition) is 5. The summed E-state index contributed by atoms with van der Waals surface area (Å²) in [6, 6.07) is 15.8. The van der Waals surface area contributed by atoms with E-state index < -0.39 is 0 Å². The molecule has 0 bridgehead atoms. The maximum Gasteiger partial charge on any atom is 0.281 e. The summed E-state index contributed by atoms with van der Waals surface area (Å²) < 4.78 is 14.8. The van der Waals surface area contributed by atoms with Crippen LogP contribution in [0, 0.1) is 5.82 Å². The van der Waals surface area contributed by atoms with Crippen molar-refractivity contribution in [2.75, 3.05) is 13.1 Å². The molecule has 1 saturated heterocycles. The summed E-state index contributed by atoms with van der Waals surface area (Å²) in [7, 11) is 0. The van der Waals surface area contributed by atoms with Crippen molar-refractivity contribution in [2.45, 2.75) is 31.7 Å². The molecule has 5 rings (SSSR count). The molecule has 1 N–H and O–H groups in total. The molecule has 0 atom stereocenters. The van der Waals surface area contributed by atoms with E-state index in [0.717, 1.165) is 11.1 Å². The average Bonchev–Trinajstić information content (AvgIpc) is 3.24. The van der Waals surface area contributed by atoms with Crippen molar-refractivity contribution in [2.24, 2.45) is 0 Å². The number of carbonyl (C=O) groups is 1. The molecular formula is C24H23FN6O2. The van der Waals surface area contributed by atoms with Crippen molar-refractivity contribution in [1.29, 1.82) is 0 Å². The van der Waals surface area contributed by atoms with E-state index in [9.17, 15) is 14.0 Å². The van der Waals surface area contributed by atoms with E-state index in [1.807, 2.05) is 35.2 Å². The van der Waals surface area contributed by atoms with Crippen LogP contribution >= 0.6 is 0 Å². The Balaban J connectivity index is 1.30. The summed E-state index contributed by atoms with van der Waals surface area (Å²) >= 11 is 0. The standard InChI is InChI=1S/C24H23FN6O2/c25-19-8-6-17(7-9-19)15-31-23-21(28-29-31)24(33)27-22(26-23)18-10-12-30(13-11-18)20(32)14-16-4-2-1-3-5-16/h1-9,18H,10-15H2,(H,26,27,33). The molecule has 1 fully saturated rings. The first-order valence-corrected chi connectivity index (χ1v) is 11.0. The lowest BCUT2D eigenvalue weighted by molar-refractivity contribution is -0.131. The second kappa shape index (κ2) is 8.93. The van der Waals surface area contributed by atoms with Gasteiger partial charge in [-0.15, -0.1) is 5.10 Å². The van der Waals surface area contributed by atoms with Gasteiger partial charge in [0.25, 0.3) is 5.56 Å². The summed E-state index contributed by atoms with van der Waals surface area (Å²) in [5.74, 6) is 0.424. The number of rotatable bonds is 5. The third kappa shape index (κ3) is 4.52. The van der Waals surface area contributed by atoms with Crippen LogP contribution in [-0.2, 0) is 17.8 Å². The molecule has 2 aromatic heterocycles. The molecule has 8 nitrogen and oxygen atoms in total. The van der Waals surface area contributed by atoms with Gasteiger partial charge >= 0.3 is 0 Å². The zero-order valence-electron chi connectivity index (χ0n) is 17.9. The number of halogens is 1. The Hall–Kier alpha value is -3.88. The van der Waals surface area contributed by atoms with Crippen LogP contribution in [-0.4, -0.2) is 48.9 Å². The predicted octanol–water partition coefficient (Wildman–Crippen LogP) is 2.65. The van der Waals surface area contributed by atoms with Gasteiger partial charge in [0, 0.05) is 19.0 Å². The molecule has 0 unspecified atom stereocenters. The largest absolute Gasteiger partial charge is 0.342 e. The summed E-state index contributed by atoms with van der Waals surface area (Å²) in [5.41, 5.74) is 2.08. The highest BCUT2D eigenvalue weighted by atomic mass is 19.1. The summed E-state index contributed by atoms with van der Waals surface area (Å²) in [6.45, 7) is 1.56. The molecule has 33 heavy (non-hydrogen) atoms. The first kappa shape index (κ1) is 21.0. The van der Waals surface area contributed by atoms with Crippen molar-refractivity contribution in [3.05, 3.63) is 87.7 Å². The van der Waals surface area contributed by atoms with E-state index >= 15 is 0 Å². The van der Waals surface area contributed by atoms with Crippen molar-refractivity contribution in [3.8, 4) is 0 Å². The van der Waals surface area contributed by atoms with Gasteiger partial charge in [-0.25, -0.2) is 14.1 Å². The van der Waals surface area contributed by atoms with E-state index in [2.05, 4.69) is 20.3 Å². The van der Waals surface area contributed by atoms with Crippen LogP contribution in [0.3, 0.4) is 0 Å². The SMILES string of the molecule is O=C(Cc1ccccc1)N1CCC(c2nc3c(nnn3Cc3ccc(F)cc3)c(=O)[nH]2)CC1. The molecule has 0 spiro atoms. The van der Waals surface area contributed by atoms with Crippen LogP contribution in [0.25, 0.3) is 11.2 Å². The van der Waals surface area contributed by atoms with Crippen molar-refractivity contribution >= 4 is 17.1 Å². The maximum atomic E-state index is 13.2. The van der Waals surface area contributed by atoms with Crippen LogP contribution in [0.4, 0.5) is 4.39 Å². The highest BCUT2D eigenvalue weighted by Gasteiger charge is 2.26. The highest BCUT2D eigenvalue weighted by Crippen LogP contribution is 2.26. The average molecular weight is 446 g/mol. The van der Waals surface area contributed by atoms with Crippen LogP contribution < -0.4 is 5.56 Å². The van der Waals surface area contributed by atoms with E-state index in [1.54, 1.807) is 16.8 Å². The number of likely N-dealkylation sites (tertiary alicyclic amines) is 1. The molecule has 1 aliphatic rings. The number of amides is 1. The normalized spacial score (nSPS) is 14.6. The molecular weight excluding hydrogens is 423 g/mol. The molecule has 0 radical (unpaired) electrons. The molecule has 4 aromatic rings. The lowest BCUT2D eigenvalue weighted by atomic mass is 9.95. The van der Waals surface area contributed by atoms with Gasteiger partial charge in [0.15, 0.2) is 11.2 Å². The lowest BCUT2D eigenvalue weighted by Crippen LogP contribution is -2.39. The Morgan fingerprint density at radius 2 is 1.76 bits per heavy atom. The fourth-order valence-electron chi connectivity index (χ4n) is 4.23. The van der Waals surface area contributed by atoms with Crippen LogP contribution in [0.5, 0.6) is 0 Å². The Morgan fingerprint density at radius 3 is 2.48 bits per heavy atom. The molecule has 0 aliphatic carbocycles. The van der Waals surface area contributed by atoms with E-state index in [4.69, 9.17) is 0 Å². The monoisotopic (exact) mass is 446 g/mol. The quantitative estimate of drug-likeness (QED) is 0.508. The summed E-state index contributed by atoms with van der Waals surface area (Å²) in [6.07, 6.45) is 1.82. The Labute approximate surface area is 189 Å². The number of H-pyrrole nitrogens is 1. The molecule has 2 aromatic carbocycles. The summed E-state index contributed by atoms with van der Waals surface area (Å²) in [4.78, 5) is 34.7. The number of carbonyl (C=O) groups excluding carboxylic acids is 1. The second-order valence-corrected chi connectivity index (χ2v) is 8.31. The smallest absolute Gasteiger partial charge is 0.281 e. The fourth-order valence-corrected chi connectivity index (χ4v) is 4.23. The van der Waals surface area contributed by atoms with E-state index in [-0.39, 0.29) is 28.7 Å². The molecule has 9 heteroatoms. The number of aromatic nitrogens is 5. The molecule has 168 valence electrons. The molecule has 0 saturated carbocycles. The van der Waals surface area contributed by atoms with E-state index in [1.165, 1.54) is 12.1 Å². The Morgan fingerprint density at radius 1 is 1.03 bits per heavy atom. The second-order valence-electron chi connectivity index (χ2n) is 8.31. The zero-order valence-corrected chi connectivity index (χ0v) is 17.9. The van der Waals surface area contributed by atoms with Crippen LogP contribution in [0.2, 0.25) is 0 Å². The first-order valence-electron chi connectivity index (χ1n) is 11.0. The van der Waals surface area contributed by atoms with Gasteiger partial charge in [0.1, 0.15) is 11.6 Å². The maximum absolute atomic E-state index is 13.2. The van der Waals surface area contributed by atoms with Crippen molar-refractivity contribution in [3.63, 3.8) is 0 Å². The van der Waals surface area contributed by atoms with Gasteiger partial charge in [-0.3, -0.25) is 9.59 Å². The minimum Gasteiger partial charge on any atom is -0.342 e. The van der Waals surface area contributed by atoms with Gasteiger partial charge in [-0.05, 0) is 36.1 Å². The third-order valence-electron chi connectivity index (χ3n) is 6.07. The van der Waals surface area contributed by atoms with E-state index in [0.29, 0.717) is 50.4 Å². The summed E-state index contributed by atoms with van der Waals surface area (Å²) in [5, 5.41) is 8.05. The zero-order chi connectivity index (χ0) is 22.8.